The zero-order valence-corrected chi connectivity index (χ0v) is 20.6. The van der Waals surface area contributed by atoms with Gasteiger partial charge < -0.3 is 20.3 Å². The first kappa shape index (κ1) is 25.5. The summed E-state index contributed by atoms with van der Waals surface area (Å²) in [6, 6.07) is 8.14. The number of guanidine groups is 1. The Morgan fingerprint density at radius 2 is 1.97 bits per heavy atom. The van der Waals surface area contributed by atoms with Crippen molar-refractivity contribution in [3.63, 3.8) is 0 Å². The summed E-state index contributed by atoms with van der Waals surface area (Å²) in [4.78, 5) is 18.8. The van der Waals surface area contributed by atoms with Gasteiger partial charge in [0, 0.05) is 38.7 Å². The van der Waals surface area contributed by atoms with Crippen molar-refractivity contribution in [2.24, 2.45) is 16.8 Å². The lowest BCUT2D eigenvalue weighted by Crippen LogP contribution is -2.46. The number of ether oxygens (including phenoxy) is 1. The summed E-state index contributed by atoms with van der Waals surface area (Å²) >= 11 is 0. The summed E-state index contributed by atoms with van der Waals surface area (Å²) < 4.78 is 5.96. The molecule has 1 aliphatic rings. The zero-order chi connectivity index (χ0) is 20.4. The third-order valence-corrected chi connectivity index (χ3v) is 4.95. The van der Waals surface area contributed by atoms with E-state index in [0.29, 0.717) is 31.4 Å². The van der Waals surface area contributed by atoms with E-state index >= 15 is 0 Å². The number of carbonyl (C=O) groups excluding carboxylic acids is 1. The number of hydrogen-bond acceptors (Lipinski definition) is 3. The smallest absolute Gasteiger partial charge is 0.220 e. The van der Waals surface area contributed by atoms with Gasteiger partial charge in [-0.05, 0) is 37.7 Å². The van der Waals surface area contributed by atoms with Gasteiger partial charge in [0.1, 0.15) is 5.75 Å². The molecule has 0 bridgehead atoms. The molecule has 29 heavy (non-hydrogen) atoms. The van der Waals surface area contributed by atoms with Crippen LogP contribution >= 0.6 is 24.0 Å². The van der Waals surface area contributed by atoms with Gasteiger partial charge in [-0.15, -0.1) is 24.0 Å². The molecule has 6 nitrogen and oxygen atoms in total. The number of halogens is 1. The van der Waals surface area contributed by atoms with Crippen LogP contribution in [0.3, 0.4) is 0 Å². The van der Waals surface area contributed by atoms with Crippen molar-refractivity contribution in [1.82, 2.24) is 15.5 Å². The second-order valence-electron chi connectivity index (χ2n) is 7.79. The highest BCUT2D eigenvalue weighted by atomic mass is 127. The second kappa shape index (κ2) is 13.7. The molecule has 7 heteroatoms. The van der Waals surface area contributed by atoms with E-state index < -0.39 is 0 Å². The molecule has 0 unspecified atom stereocenters. The molecule has 1 aromatic carbocycles. The molecule has 1 amide bonds. The fourth-order valence-corrected chi connectivity index (χ4v) is 3.33. The molecule has 1 heterocycles. The maximum atomic E-state index is 11.6. The molecular weight excluding hydrogens is 479 g/mol. The van der Waals surface area contributed by atoms with Crippen molar-refractivity contribution in [3.05, 3.63) is 29.8 Å². The second-order valence-corrected chi connectivity index (χ2v) is 7.79. The van der Waals surface area contributed by atoms with Crippen LogP contribution in [0.4, 0.5) is 0 Å². The van der Waals surface area contributed by atoms with Gasteiger partial charge in [-0.2, -0.15) is 0 Å². The fraction of sp³-hybridized carbons (Fsp3) is 0.636. The molecule has 0 aromatic heterocycles. The Labute approximate surface area is 192 Å². The van der Waals surface area contributed by atoms with E-state index in [1.807, 2.05) is 18.2 Å². The number of para-hydroxylation sites is 1. The molecule has 0 saturated carbocycles. The van der Waals surface area contributed by atoms with Crippen LogP contribution in [0, 0.1) is 11.8 Å². The summed E-state index contributed by atoms with van der Waals surface area (Å²) in [7, 11) is 1.70. The number of nitrogens with one attached hydrogen (secondary N) is 2. The van der Waals surface area contributed by atoms with E-state index in [1.165, 1.54) is 0 Å². The molecule has 0 aliphatic carbocycles. The number of piperidine rings is 1. The van der Waals surface area contributed by atoms with Crippen molar-refractivity contribution in [2.45, 2.75) is 46.6 Å². The number of hydrogen-bond donors (Lipinski definition) is 2. The van der Waals surface area contributed by atoms with Crippen molar-refractivity contribution in [3.8, 4) is 5.75 Å². The highest BCUT2D eigenvalue weighted by Gasteiger charge is 2.23. The van der Waals surface area contributed by atoms with Gasteiger partial charge in [0.15, 0.2) is 5.96 Å². The van der Waals surface area contributed by atoms with Crippen LogP contribution in [-0.2, 0) is 11.3 Å². The van der Waals surface area contributed by atoms with E-state index in [2.05, 4.69) is 42.4 Å². The molecule has 2 rings (SSSR count). The SMILES string of the molecule is CCNC(=NCc1ccccc1OCC(C)C)N1CCC(CC(=O)NC)CC1.I. The van der Waals surface area contributed by atoms with Crippen LogP contribution in [0.5, 0.6) is 5.75 Å². The van der Waals surface area contributed by atoms with Gasteiger partial charge in [0.05, 0.1) is 13.2 Å². The van der Waals surface area contributed by atoms with Gasteiger partial charge in [-0.1, -0.05) is 32.0 Å². The van der Waals surface area contributed by atoms with E-state index in [9.17, 15) is 4.79 Å². The van der Waals surface area contributed by atoms with Crippen LogP contribution in [0.1, 0.15) is 45.6 Å². The first-order valence-corrected chi connectivity index (χ1v) is 10.5. The Morgan fingerprint density at radius 3 is 2.59 bits per heavy atom. The number of amides is 1. The lowest BCUT2D eigenvalue weighted by molar-refractivity contribution is -0.121. The normalized spacial score (nSPS) is 15.1. The van der Waals surface area contributed by atoms with E-state index in [0.717, 1.165) is 49.7 Å². The van der Waals surface area contributed by atoms with E-state index in [4.69, 9.17) is 9.73 Å². The van der Waals surface area contributed by atoms with E-state index in [-0.39, 0.29) is 29.9 Å². The predicted octanol–water partition coefficient (Wildman–Crippen LogP) is 3.65. The highest BCUT2D eigenvalue weighted by molar-refractivity contribution is 14.0. The Hall–Kier alpha value is -1.51. The molecule has 1 saturated heterocycles. The average molecular weight is 516 g/mol. The quantitative estimate of drug-likeness (QED) is 0.315. The van der Waals surface area contributed by atoms with Gasteiger partial charge >= 0.3 is 0 Å². The van der Waals surface area contributed by atoms with E-state index in [1.54, 1.807) is 7.05 Å². The molecule has 1 aliphatic heterocycles. The van der Waals surface area contributed by atoms with Crippen LogP contribution in [0.25, 0.3) is 0 Å². The summed E-state index contributed by atoms with van der Waals surface area (Å²) in [5, 5.41) is 6.14. The topological polar surface area (TPSA) is 66.0 Å². The number of aliphatic imine (C=N–C) groups is 1. The van der Waals surface area contributed by atoms with Crippen molar-refractivity contribution in [2.75, 3.05) is 33.3 Å². The molecule has 0 radical (unpaired) electrons. The van der Waals surface area contributed by atoms with Gasteiger partial charge in [-0.25, -0.2) is 4.99 Å². The number of nitrogens with zero attached hydrogens (tertiary/aromatic N) is 2. The maximum Gasteiger partial charge on any atom is 0.220 e. The largest absolute Gasteiger partial charge is 0.493 e. The Bertz CT molecular complexity index is 643. The monoisotopic (exact) mass is 516 g/mol. The minimum absolute atomic E-state index is 0. The summed E-state index contributed by atoms with van der Waals surface area (Å²) in [6.45, 7) is 10.4. The molecular formula is C22H37IN4O2. The first-order chi connectivity index (χ1) is 13.5. The molecule has 1 fully saturated rings. The van der Waals surface area contributed by atoms with Gasteiger partial charge in [-0.3, -0.25) is 4.79 Å². The molecule has 0 atom stereocenters. The maximum absolute atomic E-state index is 11.6. The third kappa shape index (κ3) is 8.80. The van der Waals surface area contributed by atoms with Crippen molar-refractivity contribution < 1.29 is 9.53 Å². The van der Waals surface area contributed by atoms with Crippen molar-refractivity contribution in [1.29, 1.82) is 0 Å². The summed E-state index contributed by atoms with van der Waals surface area (Å²) in [6.07, 6.45) is 2.66. The predicted molar refractivity (Wildman–Crippen MR) is 130 cm³/mol. The Morgan fingerprint density at radius 1 is 1.28 bits per heavy atom. The molecule has 2 N–H and O–H groups in total. The van der Waals surface area contributed by atoms with Crippen LogP contribution < -0.4 is 15.4 Å². The molecule has 164 valence electrons. The number of likely N-dealkylation sites (tertiary alicyclic amines) is 1. The van der Waals surface area contributed by atoms with Gasteiger partial charge in [0.2, 0.25) is 5.91 Å². The van der Waals surface area contributed by atoms with Crippen LogP contribution in [-0.4, -0.2) is 50.1 Å². The van der Waals surface area contributed by atoms with Crippen molar-refractivity contribution >= 4 is 35.8 Å². The fourth-order valence-electron chi connectivity index (χ4n) is 3.33. The number of rotatable bonds is 8. The number of carbonyl (C=O) groups is 1. The molecule has 1 aromatic rings. The zero-order valence-electron chi connectivity index (χ0n) is 18.2. The number of benzene rings is 1. The van der Waals surface area contributed by atoms with Crippen LogP contribution in [0.15, 0.2) is 29.3 Å². The first-order valence-electron chi connectivity index (χ1n) is 10.5. The highest BCUT2D eigenvalue weighted by Crippen LogP contribution is 2.22. The third-order valence-electron chi connectivity index (χ3n) is 4.95. The lowest BCUT2D eigenvalue weighted by atomic mass is 9.93. The van der Waals surface area contributed by atoms with Crippen LogP contribution in [0.2, 0.25) is 0 Å². The minimum atomic E-state index is 0. The summed E-state index contributed by atoms with van der Waals surface area (Å²) in [5.74, 6) is 2.95. The average Bonchev–Trinajstić information content (AvgIpc) is 2.70. The molecule has 0 spiro atoms. The Kier molecular flexibility index (Phi) is 12.0. The minimum Gasteiger partial charge on any atom is -0.493 e. The Balaban J connectivity index is 0.00000420. The lowest BCUT2D eigenvalue weighted by Gasteiger charge is -2.34. The standard InChI is InChI=1S/C22H36N4O2.HI/c1-5-24-22(26-12-10-18(11-13-26)14-21(27)23-4)25-15-19-8-6-7-9-20(19)28-16-17(2)3;/h6-9,17-18H,5,10-16H2,1-4H3,(H,23,27)(H,24,25);1H. The summed E-state index contributed by atoms with van der Waals surface area (Å²) in [5.41, 5.74) is 1.10. The van der Waals surface area contributed by atoms with Gasteiger partial charge in [0.25, 0.3) is 0 Å².